The lowest BCUT2D eigenvalue weighted by atomic mass is 10.1. The summed E-state index contributed by atoms with van der Waals surface area (Å²) in [5.41, 5.74) is 0.790. The maximum atomic E-state index is 12.6. The van der Waals surface area contributed by atoms with Crippen LogP contribution in [0.4, 0.5) is 0 Å². The second-order valence-corrected chi connectivity index (χ2v) is 5.75. The Morgan fingerprint density at radius 1 is 1.26 bits per heavy atom. The highest BCUT2D eigenvalue weighted by Gasteiger charge is 2.09. The van der Waals surface area contributed by atoms with E-state index >= 15 is 0 Å². The van der Waals surface area contributed by atoms with E-state index in [-0.39, 0.29) is 22.4 Å². The fourth-order valence-electron chi connectivity index (χ4n) is 2.32. The molecule has 3 aromatic rings. The summed E-state index contributed by atoms with van der Waals surface area (Å²) in [6, 6.07) is 11.3. The van der Waals surface area contributed by atoms with Gasteiger partial charge in [-0.2, -0.15) is 0 Å². The molecule has 23 heavy (non-hydrogen) atoms. The minimum atomic E-state index is -1.31. The predicted octanol–water partition coefficient (Wildman–Crippen LogP) is 2.12. The van der Waals surface area contributed by atoms with E-state index in [1.54, 1.807) is 12.1 Å². The molecule has 5 nitrogen and oxygen atoms in total. The van der Waals surface area contributed by atoms with E-state index in [2.05, 4.69) is 4.98 Å². The van der Waals surface area contributed by atoms with E-state index in [0.717, 1.165) is 5.56 Å². The van der Waals surface area contributed by atoms with Crippen molar-refractivity contribution < 1.29 is 9.90 Å². The number of aromatic amines is 1. The molecule has 7 heteroatoms. The number of aromatic nitrogens is 2. The molecule has 0 radical (unpaired) electrons. The van der Waals surface area contributed by atoms with Crippen LogP contribution in [0.25, 0.3) is 10.9 Å². The van der Waals surface area contributed by atoms with Crippen molar-refractivity contribution in [1.82, 2.24) is 9.55 Å². The van der Waals surface area contributed by atoms with Crippen LogP contribution in [0.3, 0.4) is 0 Å². The van der Waals surface area contributed by atoms with Crippen LogP contribution in [0.5, 0.6) is 0 Å². The second kappa shape index (κ2) is 5.98. The average molecular weight is 346 g/mol. The molecule has 3 rings (SSSR count). The lowest BCUT2D eigenvalue weighted by Crippen LogP contribution is -2.24. The van der Waals surface area contributed by atoms with Gasteiger partial charge in [0.1, 0.15) is 0 Å². The van der Waals surface area contributed by atoms with Crippen molar-refractivity contribution in [2.45, 2.75) is 6.54 Å². The van der Waals surface area contributed by atoms with Gasteiger partial charge in [0.05, 0.1) is 23.4 Å². The molecule has 0 aliphatic heterocycles. The molecule has 2 aromatic carbocycles. The second-order valence-electron chi connectivity index (χ2n) is 4.96. The van der Waals surface area contributed by atoms with Crippen LogP contribution in [-0.2, 0) is 6.54 Å². The topological polar surface area (TPSA) is 77.9 Å². The molecular formula is C16H10ClN2O3S-. The third kappa shape index (κ3) is 2.91. The minimum absolute atomic E-state index is 0.0218. The fourth-order valence-corrected chi connectivity index (χ4v) is 2.77. The zero-order valence-corrected chi connectivity index (χ0v) is 13.3. The van der Waals surface area contributed by atoms with Gasteiger partial charge in [0.25, 0.3) is 5.56 Å². The number of rotatable bonds is 3. The van der Waals surface area contributed by atoms with Gasteiger partial charge in [-0.05, 0) is 41.5 Å². The number of halogens is 1. The molecule has 0 unspecified atom stereocenters. The van der Waals surface area contributed by atoms with E-state index in [0.29, 0.717) is 15.9 Å². The minimum Gasteiger partial charge on any atom is -0.545 e. The summed E-state index contributed by atoms with van der Waals surface area (Å²) in [5, 5.41) is 11.8. The molecule has 0 fully saturated rings. The Morgan fingerprint density at radius 2 is 2.00 bits per heavy atom. The molecule has 0 saturated carbocycles. The van der Waals surface area contributed by atoms with Crippen molar-refractivity contribution in [1.29, 1.82) is 0 Å². The zero-order chi connectivity index (χ0) is 16.6. The number of carboxylic acids is 1. The monoisotopic (exact) mass is 345 g/mol. The molecule has 0 atom stereocenters. The van der Waals surface area contributed by atoms with Crippen LogP contribution in [0, 0.1) is 4.77 Å². The maximum Gasteiger partial charge on any atom is 0.262 e. The molecule has 1 aromatic heterocycles. The number of nitrogens with one attached hydrogen (secondary N) is 1. The molecule has 0 spiro atoms. The van der Waals surface area contributed by atoms with Crippen molar-refractivity contribution in [3.05, 3.63) is 73.7 Å². The Kier molecular flexibility index (Phi) is 4.02. The van der Waals surface area contributed by atoms with Gasteiger partial charge in [0, 0.05) is 5.02 Å². The van der Waals surface area contributed by atoms with Gasteiger partial charge in [-0.1, -0.05) is 35.9 Å². The van der Waals surface area contributed by atoms with Gasteiger partial charge in [0.2, 0.25) is 0 Å². The van der Waals surface area contributed by atoms with Gasteiger partial charge in [-0.15, -0.1) is 0 Å². The highest BCUT2D eigenvalue weighted by Crippen LogP contribution is 2.16. The molecule has 1 N–H and O–H groups in total. The molecule has 0 bridgehead atoms. The summed E-state index contributed by atoms with van der Waals surface area (Å²) in [6.45, 7) is 0.228. The molecule has 1 heterocycles. The van der Waals surface area contributed by atoms with E-state index in [1.165, 1.54) is 22.8 Å². The highest BCUT2D eigenvalue weighted by atomic mass is 35.5. The number of carbonyl (C=O) groups excluding carboxylic acids is 1. The summed E-state index contributed by atoms with van der Waals surface area (Å²) in [7, 11) is 0. The maximum absolute atomic E-state index is 12.6. The van der Waals surface area contributed by atoms with Crippen LogP contribution < -0.4 is 10.7 Å². The van der Waals surface area contributed by atoms with Crippen LogP contribution in [-0.4, -0.2) is 15.5 Å². The van der Waals surface area contributed by atoms with Crippen molar-refractivity contribution in [2.24, 2.45) is 0 Å². The number of carboxylic acid groups (broad SMARTS) is 1. The third-order valence-electron chi connectivity index (χ3n) is 3.50. The van der Waals surface area contributed by atoms with Gasteiger partial charge in [-0.3, -0.25) is 9.36 Å². The van der Waals surface area contributed by atoms with E-state index in [1.807, 2.05) is 12.1 Å². The first-order valence-corrected chi connectivity index (χ1v) is 7.47. The Labute approximate surface area is 140 Å². The largest absolute Gasteiger partial charge is 0.545 e. The molecular weight excluding hydrogens is 336 g/mol. The standard InChI is InChI=1S/C16H11ClN2O3S/c17-12-4-2-1-3-10(12)8-19-14(20)11-6-5-9(15(21)22)7-13(11)18-16(19)23/h1-7H,8H2,(H,18,23)(H,21,22)/p-1. The Hall–Kier alpha value is -2.44. The molecule has 116 valence electrons. The summed E-state index contributed by atoms with van der Waals surface area (Å²) in [6.07, 6.45) is 0. The smallest absolute Gasteiger partial charge is 0.262 e. The Morgan fingerprint density at radius 3 is 2.70 bits per heavy atom. The zero-order valence-electron chi connectivity index (χ0n) is 11.7. The van der Waals surface area contributed by atoms with Crippen molar-refractivity contribution in [3.8, 4) is 0 Å². The lowest BCUT2D eigenvalue weighted by Gasteiger charge is -2.10. The van der Waals surface area contributed by atoms with E-state index < -0.39 is 5.97 Å². The summed E-state index contributed by atoms with van der Waals surface area (Å²) in [5.74, 6) is -1.31. The van der Waals surface area contributed by atoms with Crippen LogP contribution in [0.2, 0.25) is 5.02 Å². The first-order valence-electron chi connectivity index (χ1n) is 6.69. The van der Waals surface area contributed by atoms with Crippen LogP contribution >= 0.6 is 23.8 Å². The number of aromatic carboxylic acids is 1. The molecule has 0 saturated heterocycles. The van der Waals surface area contributed by atoms with Crippen molar-refractivity contribution in [3.63, 3.8) is 0 Å². The van der Waals surface area contributed by atoms with Gasteiger partial charge >= 0.3 is 0 Å². The number of hydrogen-bond donors (Lipinski definition) is 1. The lowest BCUT2D eigenvalue weighted by molar-refractivity contribution is -0.255. The quantitative estimate of drug-likeness (QED) is 0.738. The normalized spacial score (nSPS) is 10.8. The Bertz CT molecular complexity index is 1040. The third-order valence-corrected chi connectivity index (χ3v) is 4.20. The highest BCUT2D eigenvalue weighted by molar-refractivity contribution is 7.71. The van der Waals surface area contributed by atoms with Gasteiger partial charge in [-0.25, -0.2) is 0 Å². The summed E-state index contributed by atoms with van der Waals surface area (Å²) < 4.78 is 1.58. The van der Waals surface area contributed by atoms with Gasteiger partial charge < -0.3 is 14.9 Å². The van der Waals surface area contributed by atoms with Crippen molar-refractivity contribution >= 4 is 40.7 Å². The average Bonchev–Trinajstić information content (AvgIpc) is 2.52. The number of fused-ring (bicyclic) bond motifs is 1. The number of carbonyl (C=O) groups is 1. The molecule has 0 amide bonds. The summed E-state index contributed by atoms with van der Waals surface area (Å²) in [4.78, 5) is 26.4. The molecule has 0 aliphatic carbocycles. The van der Waals surface area contributed by atoms with Crippen LogP contribution in [0.1, 0.15) is 15.9 Å². The fraction of sp³-hybridized carbons (Fsp3) is 0.0625. The summed E-state index contributed by atoms with van der Waals surface area (Å²) >= 11 is 11.3. The number of benzene rings is 2. The first-order chi connectivity index (χ1) is 11.0. The van der Waals surface area contributed by atoms with E-state index in [9.17, 15) is 14.7 Å². The van der Waals surface area contributed by atoms with E-state index in [4.69, 9.17) is 23.8 Å². The number of hydrogen-bond acceptors (Lipinski definition) is 4. The number of nitrogens with zero attached hydrogens (tertiary/aromatic N) is 1. The van der Waals surface area contributed by atoms with Crippen molar-refractivity contribution in [2.75, 3.05) is 0 Å². The van der Waals surface area contributed by atoms with Crippen LogP contribution in [0.15, 0.2) is 47.3 Å². The Balaban J connectivity index is 2.18. The van der Waals surface area contributed by atoms with Gasteiger partial charge in [0.15, 0.2) is 4.77 Å². The SMILES string of the molecule is O=C([O-])c1ccc2c(=O)n(Cc3ccccc3Cl)c(=S)[nH]c2c1. The molecule has 0 aliphatic rings. The number of H-pyrrole nitrogens is 1. The first kappa shape index (κ1) is 15.5. The predicted molar refractivity (Wildman–Crippen MR) is 88.3 cm³/mol.